The van der Waals surface area contributed by atoms with Gasteiger partial charge in [0.15, 0.2) is 0 Å². The largest absolute Gasteiger partial charge is 0.480 e. The number of nitrogens with zero attached hydrogens (tertiary/aromatic N) is 2. The quantitative estimate of drug-likeness (QED) is 0.841. The van der Waals surface area contributed by atoms with E-state index in [1.54, 1.807) is 0 Å². The highest BCUT2D eigenvalue weighted by molar-refractivity contribution is 5.72. The number of carboxylic acid groups (broad SMARTS) is 1. The zero-order valence-electron chi connectivity index (χ0n) is 11.2. The minimum Gasteiger partial charge on any atom is -0.480 e. The molecule has 0 bridgehead atoms. The average Bonchev–Trinajstić information content (AvgIpc) is 2.83. The first-order chi connectivity index (χ1) is 9.08. The Kier molecular flexibility index (Phi) is 3.87. The van der Waals surface area contributed by atoms with E-state index in [2.05, 4.69) is 10.3 Å². The van der Waals surface area contributed by atoms with Gasteiger partial charge in [0.25, 0.3) is 5.56 Å². The first kappa shape index (κ1) is 13.6. The fourth-order valence-electron chi connectivity index (χ4n) is 2.45. The SMILES string of the molecule is CCC(CC)Nc1cnc2n(c1=O)[C@H](C(=O)O)CC2. The van der Waals surface area contributed by atoms with Crippen molar-refractivity contribution in [2.45, 2.75) is 51.6 Å². The molecule has 0 aromatic carbocycles. The Hall–Kier alpha value is -1.85. The molecule has 0 amide bonds. The second-order valence-electron chi connectivity index (χ2n) is 4.81. The van der Waals surface area contributed by atoms with Crippen LogP contribution in [0, 0.1) is 0 Å². The monoisotopic (exact) mass is 265 g/mol. The van der Waals surface area contributed by atoms with Crippen molar-refractivity contribution in [1.82, 2.24) is 9.55 Å². The maximum atomic E-state index is 12.3. The highest BCUT2D eigenvalue weighted by Crippen LogP contribution is 2.23. The second kappa shape index (κ2) is 5.42. The Morgan fingerprint density at radius 1 is 1.58 bits per heavy atom. The topological polar surface area (TPSA) is 84.2 Å². The molecule has 104 valence electrons. The Bertz CT molecular complexity index is 534. The van der Waals surface area contributed by atoms with Crippen molar-refractivity contribution >= 4 is 11.7 Å². The normalized spacial score (nSPS) is 17.5. The van der Waals surface area contributed by atoms with E-state index in [0.29, 0.717) is 24.4 Å². The van der Waals surface area contributed by atoms with Gasteiger partial charge in [-0.3, -0.25) is 9.36 Å². The molecule has 0 spiro atoms. The molecule has 1 aliphatic heterocycles. The smallest absolute Gasteiger partial charge is 0.326 e. The van der Waals surface area contributed by atoms with Gasteiger partial charge in [-0.15, -0.1) is 0 Å². The molecule has 1 aromatic heterocycles. The fraction of sp³-hybridized carbons (Fsp3) is 0.615. The number of fused-ring (bicyclic) bond motifs is 1. The number of aliphatic carboxylic acids is 1. The molecule has 0 saturated heterocycles. The number of hydrogen-bond donors (Lipinski definition) is 2. The van der Waals surface area contributed by atoms with Crippen LogP contribution in [0.5, 0.6) is 0 Å². The standard InChI is InChI=1S/C13H19N3O3/c1-3-8(4-2)15-9-7-14-11-6-5-10(13(18)19)16(11)12(9)17/h7-8,10,15H,3-6H2,1-2H3,(H,18,19)/t10-/m0/s1. The minimum atomic E-state index is -0.970. The van der Waals surface area contributed by atoms with Crippen LogP contribution in [0.4, 0.5) is 5.69 Å². The maximum Gasteiger partial charge on any atom is 0.326 e. The molecule has 1 atom stereocenters. The van der Waals surface area contributed by atoms with E-state index in [9.17, 15) is 9.59 Å². The van der Waals surface area contributed by atoms with Crippen LogP contribution in [0.15, 0.2) is 11.0 Å². The lowest BCUT2D eigenvalue weighted by atomic mass is 10.2. The first-order valence-corrected chi connectivity index (χ1v) is 6.68. The molecule has 0 radical (unpaired) electrons. The summed E-state index contributed by atoms with van der Waals surface area (Å²) in [7, 11) is 0. The van der Waals surface area contributed by atoms with Gasteiger partial charge in [-0.2, -0.15) is 0 Å². The molecule has 2 rings (SSSR count). The highest BCUT2D eigenvalue weighted by atomic mass is 16.4. The zero-order chi connectivity index (χ0) is 14.0. The number of nitrogens with one attached hydrogen (secondary N) is 1. The summed E-state index contributed by atoms with van der Waals surface area (Å²) in [5.41, 5.74) is 0.118. The van der Waals surface area contributed by atoms with Crippen molar-refractivity contribution in [3.05, 3.63) is 22.4 Å². The third-order valence-corrected chi connectivity index (χ3v) is 3.65. The molecule has 2 heterocycles. The number of aromatic nitrogens is 2. The number of anilines is 1. The van der Waals surface area contributed by atoms with Crippen LogP contribution in [0.3, 0.4) is 0 Å². The van der Waals surface area contributed by atoms with Crippen LogP contribution in [0.1, 0.15) is 45.0 Å². The molecule has 19 heavy (non-hydrogen) atoms. The minimum absolute atomic E-state index is 0.206. The Morgan fingerprint density at radius 2 is 2.26 bits per heavy atom. The molecule has 0 saturated carbocycles. The Labute approximate surface area is 111 Å². The molecule has 1 aromatic rings. The van der Waals surface area contributed by atoms with Gasteiger partial charge in [-0.25, -0.2) is 9.78 Å². The van der Waals surface area contributed by atoms with Gasteiger partial charge in [-0.05, 0) is 19.3 Å². The molecule has 0 fully saturated rings. The summed E-state index contributed by atoms with van der Waals surface area (Å²) in [6, 6.07) is -0.573. The van der Waals surface area contributed by atoms with E-state index in [1.165, 1.54) is 10.8 Å². The predicted octanol–water partition coefficient (Wildman–Crippen LogP) is 1.42. The van der Waals surface area contributed by atoms with E-state index < -0.39 is 12.0 Å². The van der Waals surface area contributed by atoms with Crippen molar-refractivity contribution in [2.24, 2.45) is 0 Å². The fourth-order valence-corrected chi connectivity index (χ4v) is 2.45. The summed E-state index contributed by atoms with van der Waals surface area (Å²) in [5, 5.41) is 12.3. The van der Waals surface area contributed by atoms with Gasteiger partial charge in [0.2, 0.25) is 0 Å². The van der Waals surface area contributed by atoms with Gasteiger partial charge in [-0.1, -0.05) is 13.8 Å². The molecule has 6 heteroatoms. The van der Waals surface area contributed by atoms with E-state index in [0.717, 1.165) is 12.8 Å². The summed E-state index contributed by atoms with van der Waals surface area (Å²) in [4.78, 5) is 27.7. The van der Waals surface area contributed by atoms with Crippen molar-refractivity contribution in [2.75, 3.05) is 5.32 Å². The molecule has 6 nitrogen and oxygen atoms in total. The van der Waals surface area contributed by atoms with E-state index in [4.69, 9.17) is 5.11 Å². The summed E-state index contributed by atoms with van der Waals surface area (Å²) in [6.45, 7) is 4.08. The summed E-state index contributed by atoms with van der Waals surface area (Å²) in [6.07, 6.45) is 4.31. The lowest BCUT2D eigenvalue weighted by molar-refractivity contribution is -0.140. The van der Waals surface area contributed by atoms with Crippen LogP contribution in [0.25, 0.3) is 0 Å². The Balaban J connectivity index is 2.37. The number of rotatable bonds is 5. The molecule has 2 N–H and O–H groups in total. The van der Waals surface area contributed by atoms with Crippen molar-refractivity contribution < 1.29 is 9.90 Å². The third kappa shape index (κ3) is 2.47. The molecule has 0 aliphatic carbocycles. The van der Waals surface area contributed by atoms with Gasteiger partial charge in [0.1, 0.15) is 17.6 Å². The summed E-state index contributed by atoms with van der Waals surface area (Å²) < 4.78 is 1.31. The highest BCUT2D eigenvalue weighted by Gasteiger charge is 2.30. The van der Waals surface area contributed by atoms with Crippen molar-refractivity contribution in [3.63, 3.8) is 0 Å². The van der Waals surface area contributed by atoms with Crippen LogP contribution in [-0.2, 0) is 11.2 Å². The third-order valence-electron chi connectivity index (χ3n) is 3.65. The van der Waals surface area contributed by atoms with E-state index >= 15 is 0 Å². The van der Waals surface area contributed by atoms with Gasteiger partial charge in [0.05, 0.1) is 6.20 Å². The second-order valence-corrected chi connectivity index (χ2v) is 4.81. The lowest BCUT2D eigenvalue weighted by Crippen LogP contribution is -2.32. The van der Waals surface area contributed by atoms with Crippen molar-refractivity contribution in [3.8, 4) is 0 Å². The van der Waals surface area contributed by atoms with Crippen LogP contribution >= 0.6 is 0 Å². The summed E-state index contributed by atoms with van der Waals surface area (Å²) in [5.74, 6) is -0.408. The van der Waals surface area contributed by atoms with E-state index in [1.807, 2.05) is 13.8 Å². The van der Waals surface area contributed by atoms with Gasteiger partial charge < -0.3 is 10.4 Å². The first-order valence-electron chi connectivity index (χ1n) is 6.68. The average molecular weight is 265 g/mol. The van der Waals surface area contributed by atoms with Gasteiger partial charge in [0, 0.05) is 12.5 Å². The Morgan fingerprint density at radius 3 is 2.84 bits per heavy atom. The molecular formula is C13H19N3O3. The number of hydrogen-bond acceptors (Lipinski definition) is 4. The number of carbonyl (C=O) groups is 1. The molecule has 0 unspecified atom stereocenters. The number of aryl methyl sites for hydroxylation is 1. The lowest BCUT2D eigenvalue weighted by Gasteiger charge is -2.17. The van der Waals surface area contributed by atoms with Crippen LogP contribution in [-0.4, -0.2) is 26.7 Å². The molecular weight excluding hydrogens is 246 g/mol. The number of carboxylic acids is 1. The maximum absolute atomic E-state index is 12.3. The van der Waals surface area contributed by atoms with E-state index in [-0.39, 0.29) is 11.6 Å². The zero-order valence-corrected chi connectivity index (χ0v) is 11.2. The van der Waals surface area contributed by atoms with Crippen molar-refractivity contribution in [1.29, 1.82) is 0 Å². The van der Waals surface area contributed by atoms with Crippen LogP contribution < -0.4 is 10.9 Å². The molecule has 1 aliphatic rings. The van der Waals surface area contributed by atoms with Crippen LogP contribution in [0.2, 0.25) is 0 Å². The summed E-state index contributed by atoms with van der Waals surface area (Å²) >= 11 is 0. The predicted molar refractivity (Wildman–Crippen MR) is 71.5 cm³/mol. The van der Waals surface area contributed by atoms with Gasteiger partial charge >= 0.3 is 5.97 Å².